The normalized spacial score (nSPS) is 17.9. The molecule has 35 heavy (non-hydrogen) atoms. The molecule has 3 heterocycles. The summed E-state index contributed by atoms with van der Waals surface area (Å²) in [5.41, 5.74) is -0.467. The van der Waals surface area contributed by atoms with Crippen LogP contribution in [0.2, 0.25) is 0 Å². The maximum atomic E-state index is 14.6. The van der Waals surface area contributed by atoms with E-state index in [4.69, 9.17) is 0 Å². The number of fused-ring (bicyclic) bond motifs is 1. The highest BCUT2D eigenvalue weighted by Gasteiger charge is 2.34. The SMILES string of the molecule is CCNC(=O)N1CCN(C(=O)c2cnc3c(F)c(F)c(F)cc3c2N2CCC(C)(C#N)CC2)CC1. The Balaban J connectivity index is 1.71. The minimum Gasteiger partial charge on any atom is -0.370 e. The summed E-state index contributed by atoms with van der Waals surface area (Å²) in [7, 11) is 0. The van der Waals surface area contributed by atoms with E-state index in [-0.39, 0.29) is 47.2 Å². The van der Waals surface area contributed by atoms with Gasteiger partial charge < -0.3 is 20.0 Å². The minimum absolute atomic E-state index is 0.00812. The number of pyridine rings is 1. The van der Waals surface area contributed by atoms with E-state index in [0.717, 1.165) is 6.07 Å². The number of amides is 3. The average molecular weight is 489 g/mol. The smallest absolute Gasteiger partial charge is 0.317 e. The number of hydrogen-bond acceptors (Lipinski definition) is 5. The Morgan fingerprint density at radius 2 is 1.71 bits per heavy atom. The number of urea groups is 1. The van der Waals surface area contributed by atoms with Crippen LogP contribution in [0.5, 0.6) is 0 Å². The summed E-state index contributed by atoms with van der Waals surface area (Å²) in [5, 5.41) is 12.2. The molecule has 2 aliphatic rings. The molecule has 2 fully saturated rings. The highest BCUT2D eigenvalue weighted by molar-refractivity contribution is 6.07. The molecule has 0 bridgehead atoms. The number of nitrogens with zero attached hydrogens (tertiary/aromatic N) is 5. The average Bonchev–Trinajstić information content (AvgIpc) is 2.87. The summed E-state index contributed by atoms with van der Waals surface area (Å²) in [5.74, 6) is -4.78. The number of benzene rings is 1. The molecule has 186 valence electrons. The molecule has 1 N–H and O–H groups in total. The second kappa shape index (κ2) is 9.60. The summed E-state index contributed by atoms with van der Waals surface area (Å²) < 4.78 is 42.8. The Morgan fingerprint density at radius 3 is 2.31 bits per heavy atom. The maximum Gasteiger partial charge on any atom is 0.317 e. The lowest BCUT2D eigenvalue weighted by Gasteiger charge is -2.39. The zero-order valence-corrected chi connectivity index (χ0v) is 19.7. The predicted molar refractivity (Wildman–Crippen MR) is 123 cm³/mol. The van der Waals surface area contributed by atoms with Crippen molar-refractivity contribution in [2.45, 2.75) is 26.7 Å². The summed E-state index contributed by atoms with van der Waals surface area (Å²) in [4.78, 5) is 34.6. The van der Waals surface area contributed by atoms with Crippen molar-refractivity contribution < 1.29 is 22.8 Å². The van der Waals surface area contributed by atoms with Crippen molar-refractivity contribution >= 4 is 28.5 Å². The lowest BCUT2D eigenvalue weighted by atomic mass is 9.81. The van der Waals surface area contributed by atoms with Gasteiger partial charge in [0.2, 0.25) is 0 Å². The minimum atomic E-state index is -1.62. The van der Waals surface area contributed by atoms with E-state index in [9.17, 15) is 28.0 Å². The van der Waals surface area contributed by atoms with Gasteiger partial charge in [-0.2, -0.15) is 5.26 Å². The van der Waals surface area contributed by atoms with E-state index in [2.05, 4.69) is 16.4 Å². The fourth-order valence-corrected chi connectivity index (χ4v) is 4.61. The van der Waals surface area contributed by atoms with Crippen LogP contribution in [0.1, 0.15) is 37.0 Å². The van der Waals surface area contributed by atoms with Crippen LogP contribution in [0, 0.1) is 34.2 Å². The lowest BCUT2D eigenvalue weighted by Crippen LogP contribution is -2.53. The molecule has 0 spiro atoms. The zero-order valence-electron chi connectivity index (χ0n) is 19.7. The fourth-order valence-electron chi connectivity index (χ4n) is 4.61. The Hall–Kier alpha value is -3.55. The molecule has 0 atom stereocenters. The van der Waals surface area contributed by atoms with E-state index >= 15 is 0 Å². The van der Waals surface area contributed by atoms with Gasteiger partial charge in [-0.25, -0.2) is 18.0 Å². The number of aromatic nitrogens is 1. The molecule has 4 rings (SSSR count). The fraction of sp³-hybridized carbons (Fsp3) is 0.500. The molecule has 0 radical (unpaired) electrons. The first-order chi connectivity index (χ1) is 16.7. The molecule has 2 saturated heterocycles. The van der Waals surface area contributed by atoms with Gasteiger partial charge in [-0.15, -0.1) is 0 Å². The van der Waals surface area contributed by atoms with Crippen LogP contribution in [-0.4, -0.2) is 72.5 Å². The van der Waals surface area contributed by atoms with Crippen LogP contribution in [0.15, 0.2) is 12.3 Å². The van der Waals surface area contributed by atoms with Crippen molar-refractivity contribution in [1.29, 1.82) is 5.26 Å². The van der Waals surface area contributed by atoms with Gasteiger partial charge in [-0.3, -0.25) is 9.78 Å². The number of nitrogens with one attached hydrogen (secondary N) is 1. The largest absolute Gasteiger partial charge is 0.370 e. The van der Waals surface area contributed by atoms with Gasteiger partial charge >= 0.3 is 6.03 Å². The van der Waals surface area contributed by atoms with Gasteiger partial charge in [0, 0.05) is 57.4 Å². The molecule has 0 saturated carbocycles. The molecular weight excluding hydrogens is 461 g/mol. The molecule has 8 nitrogen and oxygen atoms in total. The van der Waals surface area contributed by atoms with E-state index in [0.29, 0.717) is 45.6 Å². The number of anilines is 1. The third-order valence-corrected chi connectivity index (χ3v) is 6.84. The van der Waals surface area contributed by atoms with Crippen LogP contribution in [0.4, 0.5) is 23.7 Å². The van der Waals surface area contributed by atoms with Gasteiger partial charge in [0.05, 0.1) is 22.7 Å². The van der Waals surface area contributed by atoms with Crippen LogP contribution in [-0.2, 0) is 0 Å². The first-order valence-corrected chi connectivity index (χ1v) is 11.6. The van der Waals surface area contributed by atoms with Crippen molar-refractivity contribution in [3.8, 4) is 6.07 Å². The molecular formula is C24H27F3N6O2. The molecule has 1 aromatic heterocycles. The van der Waals surface area contributed by atoms with Gasteiger partial charge in [0.1, 0.15) is 5.52 Å². The van der Waals surface area contributed by atoms with Gasteiger partial charge in [-0.1, -0.05) is 0 Å². The van der Waals surface area contributed by atoms with Crippen molar-refractivity contribution in [3.05, 3.63) is 35.3 Å². The Labute approximate surface area is 201 Å². The van der Waals surface area contributed by atoms with E-state index in [1.165, 1.54) is 6.20 Å². The number of carbonyl (C=O) groups excluding carboxylic acids is 2. The summed E-state index contributed by atoms with van der Waals surface area (Å²) in [6, 6.07) is 2.98. The summed E-state index contributed by atoms with van der Waals surface area (Å²) in [6.45, 7) is 6.19. The number of piperazine rings is 1. The molecule has 0 aliphatic carbocycles. The molecule has 2 aromatic rings. The quantitative estimate of drug-likeness (QED) is 0.670. The Bertz CT molecular complexity index is 1200. The van der Waals surface area contributed by atoms with Gasteiger partial charge in [0.15, 0.2) is 17.5 Å². The molecule has 2 aliphatic heterocycles. The maximum absolute atomic E-state index is 14.6. The topological polar surface area (TPSA) is 92.6 Å². The van der Waals surface area contributed by atoms with Gasteiger partial charge in [0.25, 0.3) is 5.91 Å². The summed E-state index contributed by atoms with van der Waals surface area (Å²) in [6.07, 6.45) is 2.20. The number of hydrogen-bond donors (Lipinski definition) is 1. The Kier molecular flexibility index (Phi) is 6.74. The zero-order chi connectivity index (χ0) is 25.3. The van der Waals surface area contributed by atoms with E-state index < -0.39 is 22.9 Å². The van der Waals surface area contributed by atoms with Gasteiger partial charge in [-0.05, 0) is 32.8 Å². The number of nitriles is 1. The molecule has 3 amide bonds. The monoisotopic (exact) mass is 488 g/mol. The number of carbonyl (C=O) groups is 2. The lowest BCUT2D eigenvalue weighted by molar-refractivity contribution is 0.0665. The third-order valence-electron chi connectivity index (χ3n) is 6.84. The number of halogens is 3. The predicted octanol–water partition coefficient (Wildman–Crippen LogP) is 3.27. The van der Waals surface area contributed by atoms with Crippen LogP contribution < -0.4 is 10.2 Å². The third kappa shape index (κ3) is 4.57. The van der Waals surface area contributed by atoms with Crippen molar-refractivity contribution in [3.63, 3.8) is 0 Å². The van der Waals surface area contributed by atoms with Crippen molar-refractivity contribution in [1.82, 2.24) is 20.1 Å². The highest BCUT2D eigenvalue weighted by atomic mass is 19.2. The standard InChI is InChI=1S/C24H27F3N6O2/c1-3-29-23(35)33-10-8-32(9-11-33)22(34)16-13-30-20-15(12-17(25)18(26)19(20)27)21(16)31-6-4-24(2,14-28)5-7-31/h12-13H,3-11H2,1-2H3,(H,29,35). The van der Waals surface area contributed by atoms with Crippen molar-refractivity contribution in [2.24, 2.45) is 5.41 Å². The van der Waals surface area contributed by atoms with Crippen molar-refractivity contribution in [2.75, 3.05) is 50.7 Å². The molecule has 11 heteroatoms. The second-order valence-corrected chi connectivity index (χ2v) is 9.18. The highest BCUT2D eigenvalue weighted by Crippen LogP contribution is 2.38. The van der Waals surface area contributed by atoms with E-state index in [1.807, 2.05) is 18.7 Å². The van der Waals surface area contributed by atoms with Crippen LogP contribution >= 0.6 is 0 Å². The first kappa shape index (κ1) is 24.6. The first-order valence-electron chi connectivity index (χ1n) is 11.6. The summed E-state index contributed by atoms with van der Waals surface area (Å²) >= 11 is 0. The van der Waals surface area contributed by atoms with Crippen LogP contribution in [0.3, 0.4) is 0 Å². The molecule has 1 aromatic carbocycles. The number of piperidine rings is 1. The van der Waals surface area contributed by atoms with Crippen LogP contribution in [0.25, 0.3) is 10.9 Å². The number of rotatable bonds is 3. The molecule has 0 unspecified atom stereocenters. The van der Waals surface area contributed by atoms with E-state index in [1.54, 1.807) is 9.80 Å². The second-order valence-electron chi connectivity index (χ2n) is 9.18. The Morgan fingerprint density at radius 1 is 1.09 bits per heavy atom.